The molecule has 3 aliphatic rings. The van der Waals surface area contributed by atoms with Gasteiger partial charge < -0.3 is 5.73 Å². The van der Waals surface area contributed by atoms with Crippen molar-refractivity contribution in [1.29, 1.82) is 0 Å². The number of imide groups is 1. The molecule has 6 nitrogen and oxygen atoms in total. The quantitative estimate of drug-likeness (QED) is 0.750. The minimum absolute atomic E-state index is 0.249. The highest BCUT2D eigenvalue weighted by Gasteiger charge is 2.67. The molecule has 1 unspecified atom stereocenters. The molecule has 2 aromatic carbocycles. The molecule has 0 radical (unpaired) electrons. The molecule has 3 N–H and O–H groups in total. The van der Waals surface area contributed by atoms with Crippen LogP contribution in [0.1, 0.15) is 28.3 Å². The maximum atomic E-state index is 13.6. The summed E-state index contributed by atoms with van der Waals surface area (Å²) < 4.78 is 0. The lowest BCUT2D eigenvalue weighted by atomic mass is 9.84. The first kappa shape index (κ1) is 17.8. The molecule has 2 saturated heterocycles. The molecule has 0 aromatic heterocycles. The third kappa shape index (κ3) is 2.42. The zero-order chi connectivity index (χ0) is 20.4. The minimum atomic E-state index is -0.762. The second kappa shape index (κ2) is 6.12. The Morgan fingerprint density at radius 3 is 2.34 bits per heavy atom. The van der Waals surface area contributed by atoms with E-state index in [9.17, 15) is 14.4 Å². The normalized spacial score (nSPS) is 29.6. The smallest absolute Gasteiger partial charge is 0.277 e. The number of benzene rings is 2. The molecule has 5 atom stereocenters. The van der Waals surface area contributed by atoms with Crippen LogP contribution in [-0.4, -0.2) is 23.8 Å². The number of carbonyl (C=O) groups excluding carboxylic acids is 3. The average Bonchev–Trinajstić information content (AvgIpc) is 3.14. The number of hydrogen-bond donors (Lipinski definition) is 2. The van der Waals surface area contributed by atoms with E-state index >= 15 is 0 Å². The summed E-state index contributed by atoms with van der Waals surface area (Å²) in [5.41, 5.74) is 10.2. The number of fused-ring (bicyclic) bond motifs is 5. The maximum absolute atomic E-state index is 13.6. The molecule has 2 aromatic rings. The Morgan fingerprint density at radius 2 is 1.66 bits per heavy atom. The fourth-order valence-corrected chi connectivity index (χ4v) is 5.41. The fraction of sp³-hybridized carbons (Fsp3) is 0.261. The maximum Gasteiger partial charge on any atom is 0.277 e. The van der Waals surface area contributed by atoms with Gasteiger partial charge in [0.2, 0.25) is 11.8 Å². The van der Waals surface area contributed by atoms with Gasteiger partial charge in [-0.3, -0.25) is 19.3 Å². The van der Waals surface area contributed by atoms with Gasteiger partial charge in [-0.25, -0.2) is 4.90 Å². The number of amides is 3. The molecule has 3 amide bonds. The Balaban J connectivity index is 1.66. The monoisotopic (exact) mass is 388 g/mol. The van der Waals surface area contributed by atoms with Gasteiger partial charge in [0, 0.05) is 5.56 Å². The Hall–Kier alpha value is -3.25. The molecule has 3 heterocycles. The van der Waals surface area contributed by atoms with Crippen molar-refractivity contribution >= 4 is 29.5 Å². The van der Waals surface area contributed by atoms with Crippen molar-refractivity contribution in [1.82, 2.24) is 0 Å². The molecule has 0 saturated carbocycles. The highest BCUT2D eigenvalue weighted by atomic mass is 16.2. The zero-order valence-corrected chi connectivity index (χ0v) is 16.3. The van der Waals surface area contributed by atoms with Crippen LogP contribution in [0.15, 0.2) is 48.7 Å². The van der Waals surface area contributed by atoms with Gasteiger partial charge in [-0.05, 0) is 48.7 Å². The molecule has 0 bridgehead atoms. The van der Waals surface area contributed by atoms with Crippen molar-refractivity contribution in [3.63, 3.8) is 0 Å². The van der Waals surface area contributed by atoms with Crippen molar-refractivity contribution in [3.8, 4) is 0 Å². The standard InChI is InChI=1S/C23H21N3O3/c1-12-9-13(2)11-15(10-12)26-22(28)17-18(23(26)29)20(21(24)27)25-8-7-14-5-3-4-6-16(14)19(17)25/h3-11,17-20H,1-2H3,(H2,24,27)/p+1/t17-,18+,19+,20-/m0/s1. The van der Waals surface area contributed by atoms with Crippen LogP contribution in [0.5, 0.6) is 0 Å². The van der Waals surface area contributed by atoms with E-state index in [0.717, 1.165) is 27.2 Å². The van der Waals surface area contributed by atoms with E-state index in [-0.39, 0.29) is 17.9 Å². The number of carbonyl (C=O) groups is 3. The lowest BCUT2D eigenvalue weighted by molar-refractivity contribution is -0.884. The summed E-state index contributed by atoms with van der Waals surface area (Å²) in [6, 6.07) is 12.4. The number of primary amides is 1. The number of nitrogens with one attached hydrogen (secondary N) is 1. The molecule has 0 aliphatic carbocycles. The van der Waals surface area contributed by atoms with Gasteiger partial charge in [-0.15, -0.1) is 0 Å². The summed E-state index contributed by atoms with van der Waals surface area (Å²) in [6.45, 7) is 3.87. The Kier molecular flexibility index (Phi) is 3.76. The third-order valence-electron chi connectivity index (χ3n) is 6.39. The van der Waals surface area contributed by atoms with E-state index in [4.69, 9.17) is 5.73 Å². The molecule has 29 heavy (non-hydrogen) atoms. The Morgan fingerprint density at radius 1 is 1.00 bits per heavy atom. The zero-order valence-electron chi connectivity index (χ0n) is 16.3. The Bertz CT molecular complexity index is 1090. The molecule has 3 aliphatic heterocycles. The largest absolute Gasteiger partial charge is 0.364 e. The van der Waals surface area contributed by atoms with Gasteiger partial charge in [-0.1, -0.05) is 30.3 Å². The van der Waals surface area contributed by atoms with Crippen LogP contribution in [0.4, 0.5) is 5.69 Å². The predicted molar refractivity (Wildman–Crippen MR) is 108 cm³/mol. The summed E-state index contributed by atoms with van der Waals surface area (Å²) in [4.78, 5) is 41.5. The summed E-state index contributed by atoms with van der Waals surface area (Å²) in [6.07, 6.45) is 3.82. The lowest BCUT2D eigenvalue weighted by Crippen LogP contribution is -3.12. The first-order chi connectivity index (χ1) is 13.9. The summed E-state index contributed by atoms with van der Waals surface area (Å²) in [5.74, 6) is -2.49. The molecule has 2 fully saturated rings. The number of nitrogens with zero attached hydrogens (tertiary/aromatic N) is 1. The number of rotatable bonds is 2. The van der Waals surface area contributed by atoms with Gasteiger partial charge in [-0.2, -0.15) is 0 Å². The van der Waals surface area contributed by atoms with E-state index in [1.807, 2.05) is 68.6 Å². The fourth-order valence-electron chi connectivity index (χ4n) is 5.41. The van der Waals surface area contributed by atoms with Gasteiger partial charge in [0.05, 0.1) is 11.9 Å². The number of quaternary nitrogens is 1. The van der Waals surface area contributed by atoms with Crippen molar-refractivity contribution in [2.75, 3.05) is 4.90 Å². The number of hydrogen-bond acceptors (Lipinski definition) is 3. The second-order valence-electron chi connectivity index (χ2n) is 8.23. The third-order valence-corrected chi connectivity index (χ3v) is 6.39. The van der Waals surface area contributed by atoms with Crippen LogP contribution in [0.2, 0.25) is 0 Å². The van der Waals surface area contributed by atoms with Crippen LogP contribution in [0.3, 0.4) is 0 Å². The Labute approximate surface area is 168 Å². The summed E-state index contributed by atoms with van der Waals surface area (Å²) in [5, 5.41) is 0. The highest BCUT2D eigenvalue weighted by molar-refractivity contribution is 6.23. The van der Waals surface area contributed by atoms with E-state index in [1.54, 1.807) is 0 Å². The van der Waals surface area contributed by atoms with Gasteiger partial charge >= 0.3 is 0 Å². The van der Waals surface area contributed by atoms with Crippen molar-refractivity contribution < 1.29 is 19.3 Å². The summed E-state index contributed by atoms with van der Waals surface area (Å²) in [7, 11) is 0. The van der Waals surface area contributed by atoms with Gasteiger partial charge in [0.1, 0.15) is 17.9 Å². The molecule has 5 rings (SSSR count). The SMILES string of the molecule is Cc1cc(C)cc(N2C(=O)[C@@H]3[C@H](C2=O)[C@H]2c4ccccc4C=C[NH+]2[C@@H]3C(N)=O)c1. The van der Waals surface area contributed by atoms with Crippen molar-refractivity contribution in [3.05, 3.63) is 70.9 Å². The average molecular weight is 388 g/mol. The number of anilines is 1. The van der Waals surface area contributed by atoms with Crippen LogP contribution in [0.25, 0.3) is 6.08 Å². The van der Waals surface area contributed by atoms with Crippen LogP contribution in [0, 0.1) is 25.7 Å². The van der Waals surface area contributed by atoms with Crippen LogP contribution >= 0.6 is 0 Å². The predicted octanol–water partition coefficient (Wildman–Crippen LogP) is 0.887. The number of aryl methyl sites for hydroxylation is 2. The highest BCUT2D eigenvalue weighted by Crippen LogP contribution is 2.44. The molecule has 0 spiro atoms. The minimum Gasteiger partial charge on any atom is -0.364 e. The van der Waals surface area contributed by atoms with E-state index < -0.39 is 23.8 Å². The first-order valence-corrected chi connectivity index (χ1v) is 9.77. The molecule has 6 heteroatoms. The number of nitrogens with two attached hydrogens (primary N) is 1. The van der Waals surface area contributed by atoms with Crippen LogP contribution < -0.4 is 15.5 Å². The molecular weight excluding hydrogens is 366 g/mol. The summed E-state index contributed by atoms with van der Waals surface area (Å²) >= 11 is 0. The van der Waals surface area contributed by atoms with E-state index in [2.05, 4.69) is 0 Å². The van der Waals surface area contributed by atoms with Gasteiger partial charge in [0.15, 0.2) is 6.04 Å². The molecule has 146 valence electrons. The molecular formula is C23H22N3O3+. The van der Waals surface area contributed by atoms with Crippen molar-refractivity contribution in [2.24, 2.45) is 17.6 Å². The lowest BCUT2D eigenvalue weighted by Gasteiger charge is -2.30. The van der Waals surface area contributed by atoms with E-state index in [1.165, 1.54) is 4.90 Å². The van der Waals surface area contributed by atoms with Crippen molar-refractivity contribution in [2.45, 2.75) is 25.9 Å². The second-order valence-corrected chi connectivity index (χ2v) is 8.23. The topological polar surface area (TPSA) is 84.9 Å². The van der Waals surface area contributed by atoms with Gasteiger partial charge in [0.25, 0.3) is 5.91 Å². The van der Waals surface area contributed by atoms with Crippen LogP contribution in [-0.2, 0) is 14.4 Å². The first-order valence-electron chi connectivity index (χ1n) is 9.77. The van der Waals surface area contributed by atoms with E-state index in [0.29, 0.717) is 5.69 Å².